The van der Waals surface area contributed by atoms with Crippen LogP contribution in [0.5, 0.6) is 0 Å². The number of carboxylic acids is 1. The van der Waals surface area contributed by atoms with E-state index in [0.717, 1.165) is 12.8 Å². The highest BCUT2D eigenvalue weighted by Crippen LogP contribution is 2.22. The van der Waals surface area contributed by atoms with Gasteiger partial charge in [0.2, 0.25) is 0 Å². The van der Waals surface area contributed by atoms with E-state index in [2.05, 4.69) is 5.32 Å². The number of nitrogens with one attached hydrogen (secondary N) is 1. The van der Waals surface area contributed by atoms with Gasteiger partial charge in [-0.25, -0.2) is 4.79 Å². The molecule has 0 radical (unpaired) electrons. The Morgan fingerprint density at radius 1 is 1.43 bits per heavy atom. The van der Waals surface area contributed by atoms with Crippen LogP contribution in [0.4, 0.5) is 4.79 Å². The van der Waals surface area contributed by atoms with Gasteiger partial charge >= 0.3 is 12.0 Å². The highest BCUT2D eigenvalue weighted by molar-refractivity contribution is 5.76. The highest BCUT2D eigenvalue weighted by atomic mass is 16.5. The molecule has 0 bridgehead atoms. The lowest BCUT2D eigenvalue weighted by Gasteiger charge is -2.34. The fourth-order valence-electron chi connectivity index (χ4n) is 2.71. The van der Waals surface area contributed by atoms with Gasteiger partial charge in [-0.3, -0.25) is 4.79 Å². The number of carboxylic acid groups (broad SMARTS) is 1. The van der Waals surface area contributed by atoms with Gasteiger partial charge in [0.25, 0.3) is 0 Å². The van der Waals surface area contributed by atoms with Gasteiger partial charge in [-0.2, -0.15) is 0 Å². The number of piperidine rings is 1. The van der Waals surface area contributed by atoms with Gasteiger partial charge in [-0.05, 0) is 24.7 Å². The van der Waals surface area contributed by atoms with Crippen molar-refractivity contribution < 1.29 is 19.4 Å². The molecule has 0 spiro atoms. The third kappa shape index (κ3) is 6.80. The van der Waals surface area contributed by atoms with E-state index < -0.39 is 5.97 Å². The van der Waals surface area contributed by atoms with Gasteiger partial charge in [0.15, 0.2) is 0 Å². The molecular weight excluding hydrogens is 272 g/mol. The standard InChI is InChI=1S/C15H28N2O4/c1-15(2,3)9-11(8-13(18)19)16-14(20)17-7-5-6-12(10-17)21-4/h11-12H,5-10H2,1-4H3,(H,16,20)(H,18,19). The Labute approximate surface area is 126 Å². The van der Waals surface area contributed by atoms with Crippen molar-refractivity contribution in [1.29, 1.82) is 0 Å². The summed E-state index contributed by atoms with van der Waals surface area (Å²) in [5.41, 5.74) is -0.0373. The normalized spacial score (nSPS) is 21.0. The molecule has 1 saturated heterocycles. The predicted octanol–water partition coefficient (Wildman–Crippen LogP) is 2.09. The number of hydrogen-bond donors (Lipinski definition) is 2. The molecular formula is C15H28N2O4. The zero-order chi connectivity index (χ0) is 16.0. The maximum absolute atomic E-state index is 12.3. The molecule has 2 unspecified atom stereocenters. The number of nitrogens with zero attached hydrogens (tertiary/aromatic N) is 1. The second-order valence-electron chi connectivity index (χ2n) is 6.96. The number of likely N-dealkylation sites (tertiary alicyclic amines) is 1. The number of aliphatic carboxylic acids is 1. The van der Waals surface area contributed by atoms with Gasteiger partial charge in [-0.1, -0.05) is 20.8 Å². The quantitative estimate of drug-likeness (QED) is 0.815. The lowest BCUT2D eigenvalue weighted by Crippen LogP contribution is -2.51. The van der Waals surface area contributed by atoms with Gasteiger partial charge in [0, 0.05) is 26.2 Å². The smallest absolute Gasteiger partial charge is 0.317 e. The van der Waals surface area contributed by atoms with Crippen LogP contribution in [0.15, 0.2) is 0 Å². The summed E-state index contributed by atoms with van der Waals surface area (Å²) in [6.07, 6.45) is 2.53. The van der Waals surface area contributed by atoms with E-state index in [1.807, 2.05) is 20.8 Å². The zero-order valence-corrected chi connectivity index (χ0v) is 13.5. The van der Waals surface area contributed by atoms with Crippen LogP contribution >= 0.6 is 0 Å². The molecule has 1 fully saturated rings. The van der Waals surface area contributed by atoms with Crippen molar-refractivity contribution in [2.24, 2.45) is 5.41 Å². The number of carbonyl (C=O) groups is 2. The lowest BCUT2D eigenvalue weighted by atomic mass is 9.87. The minimum absolute atomic E-state index is 0.0373. The molecule has 0 aromatic heterocycles. The first kappa shape index (κ1) is 17.8. The summed E-state index contributed by atoms with van der Waals surface area (Å²) in [6.45, 7) is 7.38. The number of ether oxygens (including phenoxy) is 1. The monoisotopic (exact) mass is 300 g/mol. The van der Waals surface area contributed by atoms with E-state index in [1.54, 1.807) is 12.0 Å². The molecule has 1 aliphatic heterocycles. The fourth-order valence-corrected chi connectivity index (χ4v) is 2.71. The van der Waals surface area contributed by atoms with Crippen molar-refractivity contribution in [3.8, 4) is 0 Å². The average Bonchev–Trinajstić information content (AvgIpc) is 2.35. The summed E-state index contributed by atoms with van der Waals surface area (Å²) in [7, 11) is 1.65. The summed E-state index contributed by atoms with van der Waals surface area (Å²) in [6, 6.07) is -0.537. The Kier molecular flexibility index (Phi) is 6.45. The largest absolute Gasteiger partial charge is 0.481 e. The van der Waals surface area contributed by atoms with E-state index in [0.29, 0.717) is 19.5 Å². The number of methoxy groups -OCH3 is 1. The first-order valence-electron chi connectivity index (χ1n) is 7.51. The molecule has 6 nitrogen and oxygen atoms in total. The lowest BCUT2D eigenvalue weighted by molar-refractivity contribution is -0.137. The van der Waals surface area contributed by atoms with E-state index in [9.17, 15) is 9.59 Å². The number of rotatable bonds is 5. The maximum atomic E-state index is 12.3. The minimum Gasteiger partial charge on any atom is -0.481 e. The average molecular weight is 300 g/mol. The molecule has 21 heavy (non-hydrogen) atoms. The molecule has 122 valence electrons. The second kappa shape index (κ2) is 7.64. The molecule has 1 rings (SSSR count). The Morgan fingerprint density at radius 2 is 2.10 bits per heavy atom. The summed E-state index contributed by atoms with van der Waals surface area (Å²) in [5, 5.41) is 11.9. The third-order valence-corrected chi connectivity index (χ3v) is 3.61. The SMILES string of the molecule is COC1CCCN(C(=O)NC(CC(=O)O)CC(C)(C)C)C1. The van der Waals surface area contributed by atoms with Crippen molar-refractivity contribution in [1.82, 2.24) is 10.2 Å². The van der Waals surface area contributed by atoms with E-state index in [1.165, 1.54) is 0 Å². The van der Waals surface area contributed by atoms with Crippen LogP contribution in [0.3, 0.4) is 0 Å². The molecule has 1 heterocycles. The van der Waals surface area contributed by atoms with Crippen LogP contribution in [0, 0.1) is 5.41 Å². The molecule has 2 atom stereocenters. The summed E-state index contributed by atoms with van der Waals surface area (Å²) >= 11 is 0. The molecule has 6 heteroatoms. The van der Waals surface area contributed by atoms with Crippen LogP contribution in [-0.4, -0.2) is 54.4 Å². The first-order chi connectivity index (χ1) is 9.71. The molecule has 2 amide bonds. The van der Waals surface area contributed by atoms with Crippen molar-refractivity contribution >= 4 is 12.0 Å². The maximum Gasteiger partial charge on any atom is 0.317 e. The van der Waals surface area contributed by atoms with Crippen LogP contribution in [0.25, 0.3) is 0 Å². The van der Waals surface area contributed by atoms with Gasteiger partial charge < -0.3 is 20.1 Å². The molecule has 0 saturated carbocycles. The Bertz CT molecular complexity index is 365. The number of urea groups is 1. The van der Waals surface area contributed by atoms with Crippen molar-refractivity contribution in [2.45, 2.75) is 58.6 Å². The topological polar surface area (TPSA) is 78.9 Å². The second-order valence-corrected chi connectivity index (χ2v) is 6.96. The summed E-state index contributed by atoms with van der Waals surface area (Å²) < 4.78 is 5.31. The molecule has 1 aliphatic rings. The number of carbonyl (C=O) groups excluding carboxylic acids is 1. The molecule has 0 aromatic carbocycles. The number of hydrogen-bond acceptors (Lipinski definition) is 3. The zero-order valence-electron chi connectivity index (χ0n) is 13.5. The molecule has 2 N–H and O–H groups in total. The predicted molar refractivity (Wildman–Crippen MR) is 80.2 cm³/mol. The van der Waals surface area contributed by atoms with Crippen LogP contribution < -0.4 is 5.32 Å². The highest BCUT2D eigenvalue weighted by Gasteiger charge is 2.27. The van der Waals surface area contributed by atoms with E-state index >= 15 is 0 Å². The first-order valence-corrected chi connectivity index (χ1v) is 7.51. The van der Waals surface area contributed by atoms with E-state index in [-0.39, 0.29) is 30.0 Å². The summed E-state index contributed by atoms with van der Waals surface area (Å²) in [5.74, 6) is -0.891. The van der Waals surface area contributed by atoms with Crippen LogP contribution in [0.2, 0.25) is 0 Å². The Morgan fingerprint density at radius 3 is 2.62 bits per heavy atom. The van der Waals surface area contributed by atoms with Crippen molar-refractivity contribution in [3.05, 3.63) is 0 Å². The van der Waals surface area contributed by atoms with Crippen molar-refractivity contribution in [3.63, 3.8) is 0 Å². The Balaban J connectivity index is 2.60. The van der Waals surface area contributed by atoms with Crippen molar-refractivity contribution in [2.75, 3.05) is 20.2 Å². The molecule has 0 aromatic rings. The van der Waals surface area contributed by atoms with Gasteiger partial charge in [-0.15, -0.1) is 0 Å². The van der Waals surface area contributed by atoms with Gasteiger partial charge in [0.05, 0.1) is 12.5 Å². The summed E-state index contributed by atoms with van der Waals surface area (Å²) in [4.78, 5) is 25.0. The van der Waals surface area contributed by atoms with E-state index in [4.69, 9.17) is 9.84 Å². The fraction of sp³-hybridized carbons (Fsp3) is 0.867. The van der Waals surface area contributed by atoms with Gasteiger partial charge in [0.1, 0.15) is 0 Å². The Hall–Kier alpha value is -1.30. The molecule has 0 aliphatic carbocycles. The number of amides is 2. The third-order valence-electron chi connectivity index (χ3n) is 3.61. The minimum atomic E-state index is -0.891. The van der Waals surface area contributed by atoms with Crippen LogP contribution in [-0.2, 0) is 9.53 Å². The van der Waals surface area contributed by atoms with Crippen LogP contribution in [0.1, 0.15) is 46.5 Å².